The largest absolute Gasteiger partial charge is 0.495 e. The quantitative estimate of drug-likeness (QED) is 0.0964. The molecule has 4 aromatic carbocycles. The third kappa shape index (κ3) is 8.50. The van der Waals surface area contributed by atoms with Gasteiger partial charge in [0.2, 0.25) is 17.7 Å². The van der Waals surface area contributed by atoms with Crippen LogP contribution in [0.25, 0.3) is 21.8 Å². The van der Waals surface area contributed by atoms with Gasteiger partial charge in [-0.05, 0) is 154 Å². The van der Waals surface area contributed by atoms with Gasteiger partial charge in [0.15, 0.2) is 0 Å². The van der Waals surface area contributed by atoms with E-state index in [-0.39, 0.29) is 11.8 Å². The minimum Gasteiger partial charge on any atom is -0.495 e. The molecule has 1 aliphatic carbocycles. The fourth-order valence-corrected chi connectivity index (χ4v) is 9.57. The molecule has 0 bridgehead atoms. The van der Waals surface area contributed by atoms with E-state index in [9.17, 15) is 23.6 Å². The van der Waals surface area contributed by atoms with Gasteiger partial charge in [-0.3, -0.25) is 29.1 Å². The summed E-state index contributed by atoms with van der Waals surface area (Å²) < 4.78 is 25.6. The number of allylic oxidation sites excluding steroid dienone is 1. The van der Waals surface area contributed by atoms with Crippen LogP contribution in [0.1, 0.15) is 73.0 Å². The maximum atomic E-state index is 13.3. The number of methoxy groups -OCH3 is 1. The lowest BCUT2D eigenvalue weighted by Gasteiger charge is -2.34. The smallest absolute Gasteiger partial charge is 0.255 e. The van der Waals surface area contributed by atoms with Crippen molar-refractivity contribution in [2.75, 3.05) is 35.7 Å². The molecule has 0 radical (unpaired) electrons. The average molecular weight is 888 g/mol. The lowest BCUT2D eigenvalue weighted by atomic mass is 9.91. The Kier molecular flexibility index (Phi) is 11.3. The standard InChI is InChI=1S/C52H50FN7O6/c1-31-6-17-44(48(61)55-31)60-30-34-27-42-33(26-40(34)49(60)62)7-10-36(56-42)5-3-4-32-19-24-59(25-20-32)45-29-43-41(28-47(45)65-2)46(18-23-54-43)66-39-15-13-38(14-16-39)58-51(64)52(21-22-52)50(63)57-37-11-8-35(53)9-12-37/h7-16,18,23,26-29,32,44H,1,3-6,17,19-22,24-25,30H2,2H3,(H,55,61)(H,57,63)(H,58,64)/t44-/m0/s1. The molecule has 66 heavy (non-hydrogen) atoms. The van der Waals surface area contributed by atoms with Crippen molar-refractivity contribution >= 4 is 62.5 Å². The predicted molar refractivity (Wildman–Crippen MR) is 250 cm³/mol. The molecule has 0 unspecified atom stereocenters. The topological polar surface area (TPSA) is 155 Å². The highest BCUT2D eigenvalue weighted by molar-refractivity contribution is 6.17. The Bertz CT molecular complexity index is 2910. The Balaban J connectivity index is 0.724. The number of aryl methyl sites for hydroxylation is 1. The molecule has 4 aliphatic rings. The number of aromatic nitrogens is 2. The number of pyridine rings is 2. The first-order chi connectivity index (χ1) is 32.0. The van der Waals surface area contributed by atoms with E-state index in [0.717, 1.165) is 89.7 Å². The van der Waals surface area contributed by atoms with Crippen LogP contribution >= 0.6 is 0 Å². The summed E-state index contributed by atoms with van der Waals surface area (Å²) in [7, 11) is 1.68. The zero-order valence-electron chi connectivity index (χ0n) is 36.7. The maximum absolute atomic E-state index is 13.3. The molecule has 5 heterocycles. The van der Waals surface area contributed by atoms with Crippen LogP contribution in [-0.2, 0) is 27.3 Å². The summed E-state index contributed by atoms with van der Waals surface area (Å²) in [5.74, 6) is 1.03. The Labute approximate surface area is 381 Å². The first-order valence-corrected chi connectivity index (χ1v) is 22.6. The fourth-order valence-electron chi connectivity index (χ4n) is 9.57. The molecule has 3 fully saturated rings. The Morgan fingerprint density at radius 1 is 0.879 bits per heavy atom. The van der Waals surface area contributed by atoms with Gasteiger partial charge in [0.1, 0.15) is 34.5 Å². The third-order valence-corrected chi connectivity index (χ3v) is 13.6. The molecular weight excluding hydrogens is 838 g/mol. The van der Waals surface area contributed by atoms with Crippen LogP contribution in [0.2, 0.25) is 0 Å². The van der Waals surface area contributed by atoms with E-state index in [1.54, 1.807) is 42.5 Å². The lowest BCUT2D eigenvalue weighted by molar-refractivity contribution is -0.131. The number of piperidine rings is 2. The number of amides is 4. The normalized spacial score (nSPS) is 18.0. The Morgan fingerprint density at radius 2 is 1.61 bits per heavy atom. The number of ether oxygens (including phenoxy) is 2. The summed E-state index contributed by atoms with van der Waals surface area (Å²) in [4.78, 5) is 66.0. The lowest BCUT2D eigenvalue weighted by Crippen LogP contribution is -2.49. The molecule has 13 nitrogen and oxygen atoms in total. The summed E-state index contributed by atoms with van der Waals surface area (Å²) in [6, 6.07) is 25.9. The molecule has 4 amide bonds. The Hall–Kier alpha value is -7.35. The zero-order valence-corrected chi connectivity index (χ0v) is 36.7. The van der Waals surface area contributed by atoms with Crippen molar-refractivity contribution in [2.24, 2.45) is 11.3 Å². The van der Waals surface area contributed by atoms with Gasteiger partial charge < -0.3 is 35.2 Å². The number of rotatable bonds is 13. The van der Waals surface area contributed by atoms with Gasteiger partial charge in [0.05, 0.1) is 23.8 Å². The number of hydrogen-bond donors (Lipinski definition) is 3. The molecule has 0 spiro atoms. The fraction of sp³-hybridized carbons (Fsp3) is 0.308. The van der Waals surface area contributed by atoms with Gasteiger partial charge in [-0.1, -0.05) is 12.6 Å². The minimum absolute atomic E-state index is 0.102. The van der Waals surface area contributed by atoms with Gasteiger partial charge in [0.25, 0.3) is 5.91 Å². The first kappa shape index (κ1) is 42.6. The molecule has 14 heteroatoms. The van der Waals surface area contributed by atoms with E-state index in [0.29, 0.717) is 72.3 Å². The van der Waals surface area contributed by atoms with Crippen LogP contribution in [0.4, 0.5) is 21.5 Å². The van der Waals surface area contributed by atoms with Gasteiger partial charge in [0, 0.05) is 64.9 Å². The molecular formula is C52H50FN7O6. The number of carbonyl (C=O) groups is 4. The van der Waals surface area contributed by atoms with E-state index in [4.69, 9.17) is 14.5 Å². The summed E-state index contributed by atoms with van der Waals surface area (Å²) in [5, 5.41) is 10.1. The molecule has 1 saturated carbocycles. The summed E-state index contributed by atoms with van der Waals surface area (Å²) in [5.41, 5.74) is 5.76. The number of anilines is 3. The van der Waals surface area contributed by atoms with Crippen molar-refractivity contribution < 1.29 is 33.0 Å². The predicted octanol–water partition coefficient (Wildman–Crippen LogP) is 9.07. The highest BCUT2D eigenvalue weighted by Crippen LogP contribution is 2.48. The van der Waals surface area contributed by atoms with Gasteiger partial charge in [-0.2, -0.15) is 0 Å². The molecule has 2 aromatic heterocycles. The number of carbonyl (C=O) groups excluding carboxylic acids is 4. The molecule has 2 saturated heterocycles. The van der Waals surface area contributed by atoms with Crippen LogP contribution in [0, 0.1) is 17.2 Å². The number of benzene rings is 4. The second-order valence-electron chi connectivity index (χ2n) is 17.9. The van der Waals surface area contributed by atoms with Crippen molar-refractivity contribution in [2.45, 2.75) is 70.4 Å². The summed E-state index contributed by atoms with van der Waals surface area (Å²) >= 11 is 0. The molecule has 1 atom stereocenters. The SMILES string of the molecule is C=C1CC[C@H](N2Cc3cc4nc(CCCC5CCN(c6cc7nccc(Oc8ccc(NC(=O)C9(C(=O)Nc%10ccc(F)cc%10)CC9)cc8)c7cc6OC)CC5)ccc4cc3C2=O)C(=O)N1. The van der Waals surface area contributed by atoms with Gasteiger partial charge in [-0.15, -0.1) is 0 Å². The number of fused-ring (bicyclic) bond motifs is 3. The van der Waals surface area contributed by atoms with Crippen molar-refractivity contribution in [3.05, 3.63) is 132 Å². The van der Waals surface area contributed by atoms with Crippen molar-refractivity contribution in [3.63, 3.8) is 0 Å². The number of nitrogens with one attached hydrogen (secondary N) is 3. The monoisotopic (exact) mass is 887 g/mol. The first-order valence-electron chi connectivity index (χ1n) is 22.6. The number of hydrogen-bond acceptors (Lipinski definition) is 9. The second-order valence-corrected chi connectivity index (χ2v) is 17.9. The van der Waals surface area contributed by atoms with Crippen LogP contribution in [0.3, 0.4) is 0 Å². The van der Waals surface area contributed by atoms with Crippen molar-refractivity contribution in [1.82, 2.24) is 20.2 Å². The molecule has 10 rings (SSSR count). The van der Waals surface area contributed by atoms with Crippen LogP contribution in [0.5, 0.6) is 17.2 Å². The zero-order chi connectivity index (χ0) is 45.5. The van der Waals surface area contributed by atoms with Crippen molar-refractivity contribution in [1.29, 1.82) is 0 Å². The highest BCUT2D eigenvalue weighted by Gasteiger charge is 2.56. The number of nitrogens with zero attached hydrogens (tertiary/aromatic N) is 4. The number of halogens is 1. The average Bonchev–Trinajstić information content (AvgIpc) is 4.09. The van der Waals surface area contributed by atoms with Gasteiger partial charge in [-0.25, -0.2) is 4.39 Å². The molecule has 6 aromatic rings. The Morgan fingerprint density at radius 3 is 2.30 bits per heavy atom. The summed E-state index contributed by atoms with van der Waals surface area (Å²) in [6.07, 6.45) is 8.97. The van der Waals surface area contributed by atoms with E-state index in [1.807, 2.05) is 24.3 Å². The van der Waals surface area contributed by atoms with Crippen LogP contribution in [-0.4, -0.2) is 64.7 Å². The van der Waals surface area contributed by atoms with Crippen molar-refractivity contribution in [3.8, 4) is 17.2 Å². The maximum Gasteiger partial charge on any atom is 0.255 e. The van der Waals surface area contributed by atoms with Crippen LogP contribution < -0.4 is 30.3 Å². The third-order valence-electron chi connectivity index (χ3n) is 13.6. The highest BCUT2D eigenvalue weighted by atomic mass is 19.1. The van der Waals surface area contributed by atoms with Crippen LogP contribution in [0.15, 0.2) is 109 Å². The van der Waals surface area contributed by atoms with E-state index >= 15 is 0 Å². The molecule has 3 N–H and O–H groups in total. The minimum atomic E-state index is -1.17. The van der Waals surface area contributed by atoms with E-state index in [2.05, 4.69) is 50.6 Å². The van der Waals surface area contributed by atoms with Gasteiger partial charge >= 0.3 is 0 Å². The van der Waals surface area contributed by atoms with E-state index in [1.165, 1.54) is 24.3 Å². The second kappa shape index (κ2) is 17.6. The van der Waals surface area contributed by atoms with E-state index < -0.39 is 29.1 Å². The molecule has 3 aliphatic heterocycles. The summed E-state index contributed by atoms with van der Waals surface area (Å²) in [6.45, 7) is 6.08. The molecule has 336 valence electrons.